The number of aromatic nitrogens is 2. The summed E-state index contributed by atoms with van der Waals surface area (Å²) in [6.07, 6.45) is 1.50. The van der Waals surface area contributed by atoms with Gasteiger partial charge in [0.25, 0.3) is 5.91 Å². The van der Waals surface area contributed by atoms with E-state index in [4.69, 9.17) is 4.74 Å². The SMILES string of the molecule is Cc1[nH]c(C(=O)NCc2cccnc2N(C)C)c(C)c1C(=O)OC(C)C. The van der Waals surface area contributed by atoms with Crippen molar-refractivity contribution in [1.82, 2.24) is 15.3 Å². The van der Waals surface area contributed by atoms with Crippen LogP contribution >= 0.6 is 0 Å². The van der Waals surface area contributed by atoms with E-state index in [1.165, 1.54) is 0 Å². The number of carbonyl (C=O) groups is 2. The first kappa shape index (κ1) is 19.5. The Morgan fingerprint density at radius 1 is 1.31 bits per heavy atom. The molecular weight excluding hydrogens is 332 g/mol. The molecule has 2 rings (SSSR count). The Bertz CT molecular complexity index is 809. The number of amides is 1. The minimum atomic E-state index is -0.424. The monoisotopic (exact) mass is 358 g/mol. The molecule has 0 radical (unpaired) electrons. The lowest BCUT2D eigenvalue weighted by Gasteiger charge is -2.16. The third kappa shape index (κ3) is 4.22. The normalized spacial score (nSPS) is 10.7. The zero-order valence-electron chi connectivity index (χ0n) is 16.1. The zero-order chi connectivity index (χ0) is 19.4. The van der Waals surface area contributed by atoms with Crippen molar-refractivity contribution in [3.8, 4) is 0 Å². The molecule has 0 unspecified atom stereocenters. The fraction of sp³-hybridized carbons (Fsp3) is 0.421. The minimum absolute atomic E-state index is 0.219. The van der Waals surface area contributed by atoms with Crippen molar-refractivity contribution < 1.29 is 14.3 Å². The van der Waals surface area contributed by atoms with Crippen molar-refractivity contribution in [3.05, 3.63) is 46.4 Å². The predicted molar refractivity (Wildman–Crippen MR) is 101 cm³/mol. The van der Waals surface area contributed by atoms with Gasteiger partial charge in [-0.3, -0.25) is 4.79 Å². The number of H-pyrrole nitrogens is 1. The van der Waals surface area contributed by atoms with Gasteiger partial charge in [0.2, 0.25) is 0 Å². The second-order valence-corrected chi connectivity index (χ2v) is 6.64. The molecule has 2 N–H and O–H groups in total. The summed E-state index contributed by atoms with van der Waals surface area (Å²) >= 11 is 0. The van der Waals surface area contributed by atoms with E-state index >= 15 is 0 Å². The summed E-state index contributed by atoms with van der Waals surface area (Å²) < 4.78 is 5.26. The van der Waals surface area contributed by atoms with Gasteiger partial charge >= 0.3 is 5.97 Å². The first-order valence-corrected chi connectivity index (χ1v) is 8.52. The van der Waals surface area contributed by atoms with Crippen molar-refractivity contribution >= 4 is 17.7 Å². The number of rotatable bonds is 6. The van der Waals surface area contributed by atoms with Gasteiger partial charge in [-0.15, -0.1) is 0 Å². The number of nitrogens with one attached hydrogen (secondary N) is 2. The van der Waals surface area contributed by atoms with Crippen LogP contribution in [-0.4, -0.2) is 42.0 Å². The number of aryl methyl sites for hydroxylation is 1. The summed E-state index contributed by atoms with van der Waals surface area (Å²) in [5.41, 5.74) is 2.90. The van der Waals surface area contributed by atoms with Gasteiger partial charge in [0, 0.05) is 38.1 Å². The molecule has 0 aliphatic carbocycles. The van der Waals surface area contributed by atoms with Crippen LogP contribution in [0, 0.1) is 13.8 Å². The Hall–Kier alpha value is -2.83. The summed E-state index contributed by atoms with van der Waals surface area (Å²) in [5, 5.41) is 2.88. The van der Waals surface area contributed by atoms with Crippen molar-refractivity contribution in [3.63, 3.8) is 0 Å². The van der Waals surface area contributed by atoms with Gasteiger partial charge in [0.1, 0.15) is 11.5 Å². The molecule has 0 fully saturated rings. The number of anilines is 1. The van der Waals surface area contributed by atoms with E-state index in [2.05, 4.69) is 15.3 Å². The predicted octanol–water partition coefficient (Wildman–Crippen LogP) is 2.59. The van der Waals surface area contributed by atoms with Crippen LogP contribution in [0.3, 0.4) is 0 Å². The summed E-state index contributed by atoms with van der Waals surface area (Å²) in [4.78, 5) is 34.1. The van der Waals surface area contributed by atoms with E-state index in [1.54, 1.807) is 33.9 Å². The third-order valence-electron chi connectivity index (χ3n) is 3.94. The average molecular weight is 358 g/mol. The topological polar surface area (TPSA) is 87.3 Å². The van der Waals surface area contributed by atoms with Crippen LogP contribution in [-0.2, 0) is 11.3 Å². The molecule has 2 aromatic heterocycles. The molecule has 0 bridgehead atoms. The average Bonchev–Trinajstić information content (AvgIpc) is 2.86. The van der Waals surface area contributed by atoms with E-state index in [-0.39, 0.29) is 12.0 Å². The van der Waals surface area contributed by atoms with Crippen LogP contribution in [0.4, 0.5) is 5.82 Å². The lowest BCUT2D eigenvalue weighted by atomic mass is 10.1. The van der Waals surface area contributed by atoms with E-state index in [0.717, 1.165) is 11.4 Å². The smallest absolute Gasteiger partial charge is 0.340 e. The molecule has 2 heterocycles. The van der Waals surface area contributed by atoms with Crippen LogP contribution < -0.4 is 10.2 Å². The minimum Gasteiger partial charge on any atom is -0.459 e. The lowest BCUT2D eigenvalue weighted by molar-refractivity contribution is 0.0376. The maximum Gasteiger partial charge on any atom is 0.340 e. The molecule has 0 spiro atoms. The zero-order valence-corrected chi connectivity index (χ0v) is 16.1. The highest BCUT2D eigenvalue weighted by atomic mass is 16.5. The first-order chi connectivity index (χ1) is 12.2. The van der Waals surface area contributed by atoms with Crippen molar-refractivity contribution in [2.24, 2.45) is 0 Å². The quantitative estimate of drug-likeness (QED) is 0.775. The Balaban J connectivity index is 2.17. The molecule has 0 aliphatic heterocycles. The number of ether oxygens (including phenoxy) is 1. The molecule has 7 nitrogen and oxygen atoms in total. The van der Waals surface area contributed by atoms with Crippen LogP contribution in [0.5, 0.6) is 0 Å². The van der Waals surface area contributed by atoms with E-state index in [1.807, 2.05) is 31.1 Å². The second-order valence-electron chi connectivity index (χ2n) is 6.64. The summed E-state index contributed by atoms with van der Waals surface area (Å²) in [6.45, 7) is 7.41. The number of esters is 1. The summed E-state index contributed by atoms with van der Waals surface area (Å²) in [5.74, 6) is 0.101. The van der Waals surface area contributed by atoms with Crippen LogP contribution in [0.1, 0.15) is 51.5 Å². The lowest BCUT2D eigenvalue weighted by Crippen LogP contribution is -2.25. The molecule has 2 aromatic rings. The second kappa shape index (κ2) is 8.03. The molecule has 0 saturated heterocycles. The number of aromatic amines is 1. The van der Waals surface area contributed by atoms with Gasteiger partial charge in [-0.25, -0.2) is 9.78 Å². The number of carbonyl (C=O) groups excluding carboxylic acids is 2. The van der Waals surface area contributed by atoms with Gasteiger partial charge in [-0.05, 0) is 39.3 Å². The molecule has 0 aliphatic rings. The Morgan fingerprint density at radius 2 is 2.00 bits per heavy atom. The van der Waals surface area contributed by atoms with Crippen LogP contribution in [0.25, 0.3) is 0 Å². The highest BCUT2D eigenvalue weighted by Crippen LogP contribution is 2.20. The molecule has 0 saturated carbocycles. The van der Waals surface area contributed by atoms with E-state index < -0.39 is 5.97 Å². The number of hydrogen-bond donors (Lipinski definition) is 2. The first-order valence-electron chi connectivity index (χ1n) is 8.52. The van der Waals surface area contributed by atoms with Crippen molar-refractivity contribution in [2.75, 3.05) is 19.0 Å². The third-order valence-corrected chi connectivity index (χ3v) is 3.94. The molecule has 0 aromatic carbocycles. The standard InChI is InChI=1S/C19H26N4O3/c1-11(2)26-19(25)15-12(3)16(22-13(15)4)18(24)21-10-14-8-7-9-20-17(14)23(5)6/h7-9,11,22H,10H2,1-6H3,(H,21,24). The van der Waals surface area contributed by atoms with Crippen molar-refractivity contribution in [2.45, 2.75) is 40.3 Å². The maximum absolute atomic E-state index is 12.6. The summed E-state index contributed by atoms with van der Waals surface area (Å²) in [6, 6.07) is 3.75. The molecular formula is C19H26N4O3. The van der Waals surface area contributed by atoms with Gasteiger partial charge in [-0.1, -0.05) is 6.07 Å². The molecule has 0 atom stereocenters. The molecule has 140 valence electrons. The van der Waals surface area contributed by atoms with Crippen LogP contribution in [0.2, 0.25) is 0 Å². The highest BCUT2D eigenvalue weighted by Gasteiger charge is 2.23. The van der Waals surface area contributed by atoms with Gasteiger partial charge in [0.15, 0.2) is 0 Å². The summed E-state index contributed by atoms with van der Waals surface area (Å²) in [7, 11) is 3.80. The number of hydrogen-bond acceptors (Lipinski definition) is 5. The van der Waals surface area contributed by atoms with E-state index in [0.29, 0.717) is 29.1 Å². The molecule has 26 heavy (non-hydrogen) atoms. The van der Waals surface area contributed by atoms with Gasteiger partial charge in [0.05, 0.1) is 11.7 Å². The van der Waals surface area contributed by atoms with Crippen molar-refractivity contribution in [1.29, 1.82) is 0 Å². The number of pyridine rings is 1. The molecule has 7 heteroatoms. The Kier molecular flexibility index (Phi) is 6.02. The Labute approximate surface area is 153 Å². The fourth-order valence-corrected chi connectivity index (χ4v) is 2.79. The number of nitrogens with zero attached hydrogens (tertiary/aromatic N) is 2. The van der Waals surface area contributed by atoms with Gasteiger partial charge in [-0.2, -0.15) is 0 Å². The largest absolute Gasteiger partial charge is 0.459 e. The fourth-order valence-electron chi connectivity index (χ4n) is 2.79. The van der Waals surface area contributed by atoms with Crippen LogP contribution in [0.15, 0.2) is 18.3 Å². The van der Waals surface area contributed by atoms with Gasteiger partial charge < -0.3 is 19.9 Å². The highest BCUT2D eigenvalue weighted by molar-refractivity contribution is 6.00. The maximum atomic E-state index is 12.6. The Morgan fingerprint density at radius 3 is 2.62 bits per heavy atom. The molecule has 1 amide bonds. The van der Waals surface area contributed by atoms with E-state index in [9.17, 15) is 9.59 Å².